The molecule has 0 saturated heterocycles. The second kappa shape index (κ2) is 4.82. The first-order valence-electron chi connectivity index (χ1n) is 5.41. The van der Waals surface area contributed by atoms with Gasteiger partial charge in [-0.2, -0.15) is 0 Å². The number of aromatic nitrogens is 2. The van der Waals surface area contributed by atoms with Gasteiger partial charge in [0.1, 0.15) is 6.61 Å². The van der Waals surface area contributed by atoms with Crippen LogP contribution in [-0.4, -0.2) is 15.7 Å². The molecule has 17 heavy (non-hydrogen) atoms. The van der Waals surface area contributed by atoms with Gasteiger partial charge in [-0.1, -0.05) is 24.3 Å². The normalized spacial score (nSPS) is 10.2. The summed E-state index contributed by atoms with van der Waals surface area (Å²) in [5.74, 6) is 0.333. The van der Waals surface area contributed by atoms with Gasteiger partial charge in [-0.25, -0.2) is 4.68 Å². The Balaban J connectivity index is 2.02. The van der Waals surface area contributed by atoms with E-state index in [1.165, 1.54) is 17.2 Å². The number of aryl methyl sites for hydroxylation is 1. The van der Waals surface area contributed by atoms with Crippen molar-refractivity contribution >= 4 is 5.91 Å². The number of hydrogen-bond acceptors (Lipinski definition) is 3. The predicted octanol–water partition coefficient (Wildman–Crippen LogP) is 2.43. The van der Waals surface area contributed by atoms with Crippen molar-refractivity contribution in [3.8, 4) is 5.88 Å². The fourth-order valence-corrected chi connectivity index (χ4v) is 1.48. The second-order valence-corrected chi connectivity index (χ2v) is 3.83. The minimum atomic E-state index is -0.129. The summed E-state index contributed by atoms with van der Waals surface area (Å²) in [5.41, 5.74) is 2.29. The average Bonchev–Trinajstić information content (AvgIpc) is 2.77. The van der Waals surface area contributed by atoms with Gasteiger partial charge in [-0.05, 0) is 18.1 Å². The Hall–Kier alpha value is -2.10. The van der Waals surface area contributed by atoms with Gasteiger partial charge in [0.05, 0.1) is 0 Å². The number of nitrogens with zero attached hydrogens (tertiary/aromatic N) is 2. The molecule has 88 valence electrons. The molecule has 0 bridgehead atoms. The van der Waals surface area contributed by atoms with E-state index in [9.17, 15) is 4.79 Å². The molecular weight excluding hydrogens is 216 g/mol. The lowest BCUT2D eigenvalue weighted by Crippen LogP contribution is -2.06. The summed E-state index contributed by atoms with van der Waals surface area (Å²) >= 11 is 0. The number of hydrogen-bond donors (Lipinski definition) is 0. The van der Waals surface area contributed by atoms with Crippen LogP contribution in [0, 0.1) is 6.92 Å². The lowest BCUT2D eigenvalue weighted by molar-refractivity contribution is 0.0918. The van der Waals surface area contributed by atoms with Crippen molar-refractivity contribution in [2.75, 3.05) is 0 Å². The van der Waals surface area contributed by atoms with Crippen LogP contribution in [0.2, 0.25) is 0 Å². The fraction of sp³-hybridized carbons (Fsp3) is 0.231. The second-order valence-electron chi connectivity index (χ2n) is 3.83. The van der Waals surface area contributed by atoms with Gasteiger partial charge >= 0.3 is 0 Å². The van der Waals surface area contributed by atoms with Gasteiger partial charge in [0.2, 0.25) is 11.8 Å². The van der Waals surface area contributed by atoms with Crippen LogP contribution in [0.4, 0.5) is 0 Å². The Morgan fingerprint density at radius 2 is 2.12 bits per heavy atom. The Morgan fingerprint density at radius 1 is 1.35 bits per heavy atom. The SMILES string of the molecule is CC(=O)n1ccc(OCc2ccccc2C)n1. The third-order valence-corrected chi connectivity index (χ3v) is 2.52. The maximum Gasteiger partial charge on any atom is 0.243 e. The van der Waals surface area contributed by atoms with Crippen LogP contribution >= 0.6 is 0 Å². The smallest absolute Gasteiger partial charge is 0.243 e. The van der Waals surface area contributed by atoms with Gasteiger partial charge in [0.25, 0.3) is 0 Å². The molecule has 1 heterocycles. The molecule has 0 aliphatic heterocycles. The number of rotatable bonds is 3. The van der Waals surface area contributed by atoms with E-state index in [2.05, 4.69) is 5.10 Å². The van der Waals surface area contributed by atoms with Crippen molar-refractivity contribution in [2.45, 2.75) is 20.5 Å². The monoisotopic (exact) mass is 230 g/mol. The van der Waals surface area contributed by atoms with E-state index in [-0.39, 0.29) is 5.91 Å². The highest BCUT2D eigenvalue weighted by molar-refractivity contribution is 5.75. The zero-order chi connectivity index (χ0) is 12.3. The topological polar surface area (TPSA) is 44.1 Å². The number of ether oxygens (including phenoxy) is 1. The molecule has 0 atom stereocenters. The highest BCUT2D eigenvalue weighted by Gasteiger charge is 2.04. The van der Waals surface area contributed by atoms with E-state index in [1.807, 2.05) is 31.2 Å². The first kappa shape index (κ1) is 11.4. The molecule has 2 aromatic rings. The van der Waals surface area contributed by atoms with Crippen LogP contribution in [0.1, 0.15) is 22.8 Å². The molecule has 0 aliphatic rings. The standard InChI is InChI=1S/C13H14N2O2/c1-10-5-3-4-6-12(10)9-17-13-7-8-15(14-13)11(2)16/h3-8H,9H2,1-2H3. The lowest BCUT2D eigenvalue weighted by atomic mass is 10.1. The lowest BCUT2D eigenvalue weighted by Gasteiger charge is -2.05. The van der Waals surface area contributed by atoms with Gasteiger partial charge in [-0.3, -0.25) is 4.79 Å². The Kier molecular flexibility index (Phi) is 3.23. The van der Waals surface area contributed by atoms with E-state index >= 15 is 0 Å². The van der Waals surface area contributed by atoms with Crippen LogP contribution in [0.3, 0.4) is 0 Å². The van der Waals surface area contributed by atoms with Crippen molar-refractivity contribution in [1.82, 2.24) is 9.78 Å². The van der Waals surface area contributed by atoms with E-state index < -0.39 is 0 Å². The largest absolute Gasteiger partial charge is 0.472 e. The van der Waals surface area contributed by atoms with Gasteiger partial charge < -0.3 is 4.74 Å². The number of benzene rings is 1. The Labute approximate surface area is 99.8 Å². The molecule has 4 nitrogen and oxygen atoms in total. The summed E-state index contributed by atoms with van der Waals surface area (Å²) in [6, 6.07) is 9.69. The van der Waals surface area contributed by atoms with Crippen molar-refractivity contribution in [1.29, 1.82) is 0 Å². The summed E-state index contributed by atoms with van der Waals surface area (Å²) in [4.78, 5) is 11.0. The maximum atomic E-state index is 11.0. The zero-order valence-corrected chi connectivity index (χ0v) is 9.88. The average molecular weight is 230 g/mol. The minimum absolute atomic E-state index is 0.129. The van der Waals surface area contributed by atoms with Gasteiger partial charge in [0.15, 0.2) is 0 Å². The zero-order valence-electron chi connectivity index (χ0n) is 9.88. The van der Waals surface area contributed by atoms with Crippen LogP contribution in [-0.2, 0) is 6.61 Å². The van der Waals surface area contributed by atoms with Crippen molar-refractivity contribution < 1.29 is 9.53 Å². The molecule has 0 spiro atoms. The van der Waals surface area contributed by atoms with Crippen LogP contribution in [0.25, 0.3) is 0 Å². The number of carbonyl (C=O) groups excluding carboxylic acids is 1. The quantitative estimate of drug-likeness (QED) is 0.813. The third kappa shape index (κ3) is 2.72. The van der Waals surface area contributed by atoms with Crippen LogP contribution in [0.15, 0.2) is 36.5 Å². The molecule has 1 aromatic carbocycles. The van der Waals surface area contributed by atoms with E-state index in [0.29, 0.717) is 12.5 Å². The maximum absolute atomic E-state index is 11.0. The molecule has 0 fully saturated rings. The summed E-state index contributed by atoms with van der Waals surface area (Å²) in [7, 11) is 0. The first-order chi connectivity index (χ1) is 8.16. The third-order valence-electron chi connectivity index (χ3n) is 2.52. The van der Waals surface area contributed by atoms with E-state index in [1.54, 1.807) is 12.3 Å². The van der Waals surface area contributed by atoms with Crippen molar-refractivity contribution in [3.05, 3.63) is 47.7 Å². The van der Waals surface area contributed by atoms with Crippen molar-refractivity contribution in [2.24, 2.45) is 0 Å². The number of carbonyl (C=O) groups is 1. The fourth-order valence-electron chi connectivity index (χ4n) is 1.48. The van der Waals surface area contributed by atoms with Crippen molar-refractivity contribution in [3.63, 3.8) is 0 Å². The molecule has 0 N–H and O–H groups in total. The molecule has 0 radical (unpaired) electrons. The summed E-state index contributed by atoms with van der Waals surface area (Å²) in [5, 5.41) is 4.00. The molecular formula is C13H14N2O2. The molecule has 2 rings (SSSR count). The van der Waals surface area contributed by atoms with E-state index in [4.69, 9.17) is 4.74 Å². The summed E-state index contributed by atoms with van der Waals surface area (Å²) in [6.45, 7) is 3.95. The first-order valence-corrected chi connectivity index (χ1v) is 5.41. The Bertz CT molecular complexity index is 532. The van der Waals surface area contributed by atoms with Gasteiger partial charge in [0, 0.05) is 19.2 Å². The van der Waals surface area contributed by atoms with Crippen LogP contribution in [0.5, 0.6) is 5.88 Å². The molecule has 0 unspecified atom stereocenters. The summed E-state index contributed by atoms with van der Waals surface area (Å²) in [6.07, 6.45) is 1.59. The molecule has 0 saturated carbocycles. The molecule has 4 heteroatoms. The highest BCUT2D eigenvalue weighted by atomic mass is 16.5. The van der Waals surface area contributed by atoms with Gasteiger partial charge in [-0.15, -0.1) is 5.10 Å². The highest BCUT2D eigenvalue weighted by Crippen LogP contribution is 2.12. The molecule has 0 aliphatic carbocycles. The predicted molar refractivity (Wildman–Crippen MR) is 64.0 cm³/mol. The molecule has 1 aromatic heterocycles. The minimum Gasteiger partial charge on any atom is -0.472 e. The molecule has 0 amide bonds. The van der Waals surface area contributed by atoms with E-state index in [0.717, 1.165) is 5.56 Å². The van der Waals surface area contributed by atoms with Crippen LogP contribution < -0.4 is 4.74 Å². The Morgan fingerprint density at radius 3 is 2.76 bits per heavy atom. The summed E-state index contributed by atoms with van der Waals surface area (Å²) < 4.78 is 6.78.